The lowest BCUT2D eigenvalue weighted by molar-refractivity contribution is 0.263. The Balaban J connectivity index is 2.97. The van der Waals surface area contributed by atoms with E-state index in [2.05, 4.69) is 64.3 Å². The minimum absolute atomic E-state index is 0.127. The second-order valence-corrected chi connectivity index (χ2v) is 9.84. The molecule has 180 valence electrons. The van der Waals surface area contributed by atoms with Crippen LogP contribution in [0.2, 0.25) is 0 Å². The molecular weight excluding hydrogens is 404 g/mol. The minimum atomic E-state index is -0.784. The Labute approximate surface area is 194 Å². The smallest absolute Gasteiger partial charge is 0.164 e. The van der Waals surface area contributed by atoms with Gasteiger partial charge in [-0.25, -0.2) is 14.2 Å². The molecule has 0 aliphatic rings. The van der Waals surface area contributed by atoms with E-state index in [1.165, 1.54) is 0 Å². The van der Waals surface area contributed by atoms with E-state index in [-0.39, 0.29) is 12.0 Å². The van der Waals surface area contributed by atoms with E-state index in [0.29, 0.717) is 23.2 Å². The molecule has 0 aliphatic carbocycles. The van der Waals surface area contributed by atoms with Crippen molar-refractivity contribution in [3.8, 4) is 0 Å². The van der Waals surface area contributed by atoms with Crippen LogP contribution in [0.5, 0.6) is 0 Å². The zero-order valence-electron chi connectivity index (χ0n) is 21.2. The van der Waals surface area contributed by atoms with E-state index < -0.39 is 11.6 Å². The van der Waals surface area contributed by atoms with E-state index >= 15 is 0 Å². The summed E-state index contributed by atoms with van der Waals surface area (Å²) in [6.45, 7) is 20.9. The van der Waals surface area contributed by atoms with E-state index in [1.807, 2.05) is 6.92 Å². The molecule has 0 fully saturated rings. The van der Waals surface area contributed by atoms with Gasteiger partial charge in [0.15, 0.2) is 11.6 Å². The van der Waals surface area contributed by atoms with Crippen LogP contribution < -0.4 is 5.43 Å². The predicted molar refractivity (Wildman–Crippen MR) is 133 cm³/mol. The molecule has 0 aliphatic heterocycles. The van der Waals surface area contributed by atoms with Gasteiger partial charge in [0, 0.05) is 12.6 Å². The van der Waals surface area contributed by atoms with Crippen molar-refractivity contribution in [1.82, 2.24) is 15.3 Å². The summed E-state index contributed by atoms with van der Waals surface area (Å²) < 4.78 is 29.6. The molecule has 1 rings (SSSR count). The summed E-state index contributed by atoms with van der Waals surface area (Å²) in [6, 6.07) is 3.39. The van der Waals surface area contributed by atoms with Gasteiger partial charge in [0.25, 0.3) is 0 Å². The van der Waals surface area contributed by atoms with Gasteiger partial charge in [-0.15, -0.1) is 0 Å². The monoisotopic (exact) mass is 447 g/mol. The van der Waals surface area contributed by atoms with Crippen LogP contribution in [0.25, 0.3) is 0 Å². The van der Waals surface area contributed by atoms with Gasteiger partial charge in [-0.3, -0.25) is 0 Å². The predicted octanol–water partition coefficient (Wildman–Crippen LogP) is 6.63. The van der Waals surface area contributed by atoms with Crippen molar-refractivity contribution in [2.24, 2.45) is 5.41 Å². The van der Waals surface area contributed by atoms with Gasteiger partial charge in [0.05, 0.1) is 12.2 Å². The molecule has 0 saturated carbocycles. The quantitative estimate of drug-likeness (QED) is 0.270. The maximum absolute atomic E-state index is 14.9. The Bertz CT molecular complexity index is 806. The molecule has 0 unspecified atom stereocenters. The highest BCUT2D eigenvalue weighted by atomic mass is 19.2. The van der Waals surface area contributed by atoms with Crippen LogP contribution >= 0.6 is 0 Å². The molecule has 1 N–H and O–H groups in total. The molecule has 0 bridgehead atoms. The highest BCUT2D eigenvalue weighted by molar-refractivity contribution is 5.42. The van der Waals surface area contributed by atoms with Crippen molar-refractivity contribution in [3.05, 3.63) is 71.0 Å². The lowest BCUT2D eigenvalue weighted by Crippen LogP contribution is -2.34. The molecule has 1 aromatic carbocycles. The summed E-state index contributed by atoms with van der Waals surface area (Å²) in [5.74, 6) is -1.53. The topological polar surface area (TPSA) is 18.5 Å². The molecule has 0 heterocycles. The molecule has 0 amide bonds. The SMILES string of the molecule is C=C(C)/C(=C/CC(C)(C)C)C(=C)N(Cc1ccc(CCCN(C)CCC)c(F)c1F)NC. The first-order valence-electron chi connectivity index (χ1n) is 11.6. The lowest BCUT2D eigenvalue weighted by atomic mass is 9.90. The Kier molecular flexibility index (Phi) is 11.3. The van der Waals surface area contributed by atoms with E-state index in [1.54, 1.807) is 24.2 Å². The first-order valence-corrected chi connectivity index (χ1v) is 11.6. The van der Waals surface area contributed by atoms with E-state index in [4.69, 9.17) is 0 Å². The van der Waals surface area contributed by atoms with Crippen LogP contribution in [0.3, 0.4) is 0 Å². The molecule has 0 radical (unpaired) electrons. The summed E-state index contributed by atoms with van der Waals surface area (Å²) >= 11 is 0. The molecule has 0 saturated heterocycles. The average molecular weight is 448 g/mol. The number of nitrogens with zero attached hydrogens (tertiary/aromatic N) is 2. The first kappa shape index (κ1) is 28.1. The Hall–Kier alpha value is -1.98. The molecular formula is C27H43F2N3. The van der Waals surface area contributed by atoms with Crippen LogP contribution in [0.1, 0.15) is 65.0 Å². The number of benzene rings is 1. The second-order valence-electron chi connectivity index (χ2n) is 9.84. The van der Waals surface area contributed by atoms with Crippen molar-refractivity contribution < 1.29 is 8.78 Å². The molecule has 3 nitrogen and oxygen atoms in total. The van der Waals surface area contributed by atoms with Gasteiger partial charge in [-0.2, -0.15) is 0 Å². The van der Waals surface area contributed by atoms with Crippen LogP contribution in [-0.4, -0.2) is 37.1 Å². The van der Waals surface area contributed by atoms with Gasteiger partial charge < -0.3 is 9.91 Å². The van der Waals surface area contributed by atoms with Gasteiger partial charge in [0.1, 0.15) is 0 Å². The van der Waals surface area contributed by atoms with Crippen LogP contribution in [0.15, 0.2) is 48.2 Å². The molecule has 1 aromatic rings. The molecule has 5 heteroatoms. The second kappa shape index (κ2) is 12.9. The van der Waals surface area contributed by atoms with Gasteiger partial charge >= 0.3 is 0 Å². The van der Waals surface area contributed by atoms with E-state index in [9.17, 15) is 8.78 Å². The Morgan fingerprint density at radius 3 is 2.22 bits per heavy atom. The van der Waals surface area contributed by atoms with Crippen molar-refractivity contribution in [2.45, 2.75) is 66.8 Å². The minimum Gasteiger partial charge on any atom is -0.306 e. The average Bonchev–Trinajstić information content (AvgIpc) is 2.69. The summed E-state index contributed by atoms with van der Waals surface area (Å²) in [5.41, 5.74) is 6.40. The molecule has 0 spiro atoms. The van der Waals surface area contributed by atoms with Crippen molar-refractivity contribution in [3.63, 3.8) is 0 Å². The summed E-state index contributed by atoms with van der Waals surface area (Å²) in [5, 5.41) is 1.74. The van der Waals surface area contributed by atoms with Gasteiger partial charge in [-0.05, 0) is 74.9 Å². The maximum atomic E-state index is 14.9. The zero-order chi connectivity index (χ0) is 24.5. The third-order valence-corrected chi connectivity index (χ3v) is 5.45. The number of aryl methyl sites for hydroxylation is 1. The molecule has 0 atom stereocenters. The molecule has 32 heavy (non-hydrogen) atoms. The third-order valence-electron chi connectivity index (χ3n) is 5.45. The summed E-state index contributed by atoms with van der Waals surface area (Å²) in [7, 11) is 3.80. The number of hydrogen-bond donors (Lipinski definition) is 1. The zero-order valence-corrected chi connectivity index (χ0v) is 21.2. The summed E-state index contributed by atoms with van der Waals surface area (Å²) in [4.78, 5) is 2.21. The highest BCUT2D eigenvalue weighted by Gasteiger charge is 2.19. The van der Waals surface area contributed by atoms with Crippen molar-refractivity contribution in [1.29, 1.82) is 0 Å². The number of rotatable bonds is 13. The standard InChI is InChI=1S/C27H43F2N3/c1-10-17-31(9)18-11-12-22-13-14-23(26(29)25(22)28)19-32(30-8)21(4)24(20(2)3)15-16-27(5,6)7/h13-15,30H,2,4,10-12,16-19H2,1,3,5-9H3/b24-15-. The highest BCUT2D eigenvalue weighted by Crippen LogP contribution is 2.27. The first-order chi connectivity index (χ1) is 14.9. The number of hydrazine groups is 1. The maximum Gasteiger partial charge on any atom is 0.164 e. The fraction of sp³-hybridized carbons (Fsp3) is 0.556. The third kappa shape index (κ3) is 8.87. The number of allylic oxidation sites excluding steroid dienone is 2. The van der Waals surface area contributed by atoms with Crippen molar-refractivity contribution in [2.75, 3.05) is 27.2 Å². The normalized spacial score (nSPS) is 12.4. The Morgan fingerprint density at radius 1 is 1.09 bits per heavy atom. The molecule has 0 aromatic heterocycles. The van der Waals surface area contributed by atoms with E-state index in [0.717, 1.165) is 43.5 Å². The van der Waals surface area contributed by atoms with Crippen molar-refractivity contribution >= 4 is 0 Å². The fourth-order valence-electron chi connectivity index (χ4n) is 3.55. The number of halogens is 2. The van der Waals surface area contributed by atoms with Crippen LogP contribution in [-0.2, 0) is 13.0 Å². The van der Waals surface area contributed by atoms with Crippen LogP contribution in [0, 0.1) is 17.0 Å². The van der Waals surface area contributed by atoms with Gasteiger partial charge in [-0.1, -0.05) is 59.1 Å². The largest absolute Gasteiger partial charge is 0.306 e. The number of hydrogen-bond acceptors (Lipinski definition) is 3. The summed E-state index contributed by atoms with van der Waals surface area (Å²) in [6.07, 6.45) is 5.38. The van der Waals surface area contributed by atoms with Gasteiger partial charge in [0.2, 0.25) is 0 Å². The fourth-order valence-corrected chi connectivity index (χ4v) is 3.55. The lowest BCUT2D eigenvalue weighted by Gasteiger charge is -2.28. The number of nitrogens with one attached hydrogen (secondary N) is 1. The van der Waals surface area contributed by atoms with Crippen LogP contribution in [0.4, 0.5) is 8.78 Å². The Morgan fingerprint density at radius 2 is 1.69 bits per heavy atom.